The Morgan fingerprint density at radius 2 is 0.711 bits per heavy atom. The molecule has 0 spiro atoms. The lowest BCUT2D eigenvalue weighted by Gasteiger charge is -2.30. The maximum Gasteiger partial charge on any atom is 0.402 e. The first-order valence-electron chi connectivity index (χ1n) is 27.3. The van der Waals surface area contributed by atoms with E-state index in [4.69, 9.17) is 0 Å². The van der Waals surface area contributed by atoms with Crippen molar-refractivity contribution in [3.05, 3.63) is 225 Å². The Morgan fingerprint density at radius 1 is 0.342 bits per heavy atom. The molecule has 4 aliphatic carbocycles. The standard InChI is InChI=1S/C73H65F3/c1-68(2,3)60-34-32-48(50-16-12-14-18-52(50)60)46-24-30-56-54-26-20-42(36-62(54)70(7,8)64(56)40-46)44-22-28-58-59-29-23-45(39-67(59)72(11,66(58)38-44)73(74,75)76)43-21-27-55-57-31-25-47(41-65(57)71(9,10)63(55)37-43)49-33-35-61(69(4,5)6)53-19-15-13-17-51(49)53/h12-32,34,36-41H,33,35H2,1-11H3. The van der Waals surface area contributed by atoms with Crippen LogP contribution in [0, 0.1) is 5.41 Å². The predicted octanol–water partition coefficient (Wildman–Crippen LogP) is 18.8. The van der Waals surface area contributed by atoms with Crippen molar-refractivity contribution in [1.29, 1.82) is 0 Å². The van der Waals surface area contributed by atoms with Gasteiger partial charge in [0.25, 0.3) is 0 Å². The summed E-state index contributed by atoms with van der Waals surface area (Å²) in [5.41, 5.74) is 20.1. The lowest BCUT2D eigenvalue weighted by Crippen LogP contribution is -2.38. The van der Waals surface area contributed by atoms with E-state index in [-0.39, 0.29) is 21.7 Å². The van der Waals surface area contributed by atoms with Gasteiger partial charge in [0, 0.05) is 10.8 Å². The van der Waals surface area contributed by atoms with Gasteiger partial charge in [-0.05, 0) is 205 Å². The van der Waals surface area contributed by atoms with Gasteiger partial charge in [-0.2, -0.15) is 13.2 Å². The number of rotatable bonds is 4. The van der Waals surface area contributed by atoms with Crippen LogP contribution in [0.25, 0.3) is 88.7 Å². The largest absolute Gasteiger partial charge is 0.402 e. The molecule has 13 rings (SSSR count). The zero-order valence-electron chi connectivity index (χ0n) is 45.7. The summed E-state index contributed by atoms with van der Waals surface area (Å²) in [6, 6.07) is 60.5. The first-order chi connectivity index (χ1) is 36.0. The van der Waals surface area contributed by atoms with Crippen LogP contribution in [0.2, 0.25) is 0 Å². The molecule has 4 aliphatic rings. The third-order valence-electron chi connectivity index (χ3n) is 18.5. The fourth-order valence-corrected chi connectivity index (χ4v) is 14.2. The number of benzene rings is 9. The van der Waals surface area contributed by atoms with E-state index in [2.05, 4.69) is 203 Å². The molecule has 0 aliphatic heterocycles. The minimum Gasteiger partial charge on any atom is -0.170 e. The minimum atomic E-state index is -4.55. The summed E-state index contributed by atoms with van der Waals surface area (Å²) in [6.45, 7) is 24.3. The molecule has 0 saturated carbocycles. The molecule has 1 unspecified atom stereocenters. The number of alkyl halides is 3. The Bertz CT molecular complexity index is 4120. The van der Waals surface area contributed by atoms with Gasteiger partial charge in [-0.3, -0.25) is 0 Å². The highest BCUT2D eigenvalue weighted by Crippen LogP contribution is 2.59. The van der Waals surface area contributed by atoms with Crippen molar-refractivity contribution in [3.63, 3.8) is 0 Å². The number of halogens is 3. The van der Waals surface area contributed by atoms with Gasteiger partial charge < -0.3 is 0 Å². The molecule has 0 saturated heterocycles. The van der Waals surface area contributed by atoms with Gasteiger partial charge >= 0.3 is 6.18 Å². The van der Waals surface area contributed by atoms with E-state index in [1.165, 1.54) is 106 Å². The molecule has 0 fully saturated rings. The molecule has 3 heteroatoms. The summed E-state index contributed by atoms with van der Waals surface area (Å²) < 4.78 is 48.2. The van der Waals surface area contributed by atoms with E-state index in [9.17, 15) is 0 Å². The van der Waals surface area contributed by atoms with Gasteiger partial charge in [0.1, 0.15) is 5.41 Å². The molecule has 0 radical (unpaired) electrons. The average Bonchev–Trinajstić information content (AvgIpc) is 3.89. The Balaban J connectivity index is 0.831. The van der Waals surface area contributed by atoms with Crippen LogP contribution in [0.1, 0.15) is 134 Å². The highest BCUT2D eigenvalue weighted by Gasteiger charge is 2.58. The van der Waals surface area contributed by atoms with E-state index >= 15 is 13.2 Å². The molecule has 0 N–H and O–H groups in total. The molecular weight excluding hydrogens is 934 g/mol. The van der Waals surface area contributed by atoms with Crippen molar-refractivity contribution in [3.8, 4) is 66.8 Å². The van der Waals surface area contributed by atoms with E-state index in [0.717, 1.165) is 35.1 Å². The van der Waals surface area contributed by atoms with Crippen LogP contribution in [-0.2, 0) is 21.7 Å². The van der Waals surface area contributed by atoms with Gasteiger partial charge in [0.2, 0.25) is 0 Å². The monoisotopic (exact) mass is 999 g/mol. The fraction of sp³-hybridized carbons (Fsp3) is 0.260. The highest BCUT2D eigenvalue weighted by atomic mass is 19.4. The molecule has 9 aromatic carbocycles. The second-order valence-corrected chi connectivity index (χ2v) is 25.6. The van der Waals surface area contributed by atoms with Crippen molar-refractivity contribution < 1.29 is 13.2 Å². The Hall–Kier alpha value is -7.23. The molecular formula is C73H65F3. The van der Waals surface area contributed by atoms with Crippen LogP contribution in [0.15, 0.2) is 170 Å². The number of hydrogen-bond acceptors (Lipinski definition) is 0. The number of fused-ring (bicyclic) bond motifs is 11. The summed E-state index contributed by atoms with van der Waals surface area (Å²) in [4.78, 5) is 0. The van der Waals surface area contributed by atoms with Gasteiger partial charge in [-0.1, -0.05) is 208 Å². The summed E-state index contributed by atoms with van der Waals surface area (Å²) in [7, 11) is 0. The SMILES string of the molecule is CC(C)(C)C1=c2ccccc2=C(c2ccc3c(c2)C(C)(C)c2cc(-c4ccc5c(c4)C(C)(C(F)(F)F)c4cc(-c6ccc7c(c6)C(C)(C)c6cc(-c8ccc(C(C)(C)C)c9ccccc89)ccc6-7)ccc4-5)ccc2-3)CC1. The first-order valence-corrected chi connectivity index (χ1v) is 27.3. The van der Waals surface area contributed by atoms with Crippen LogP contribution >= 0.6 is 0 Å². The van der Waals surface area contributed by atoms with Crippen molar-refractivity contribution >= 4 is 21.9 Å². The topological polar surface area (TPSA) is 0 Å². The molecule has 0 amide bonds. The molecule has 0 bridgehead atoms. The Labute approximate surface area is 446 Å². The maximum atomic E-state index is 16.1. The van der Waals surface area contributed by atoms with Crippen molar-refractivity contribution in [2.24, 2.45) is 5.41 Å². The van der Waals surface area contributed by atoms with Crippen LogP contribution in [0.3, 0.4) is 0 Å². The smallest absolute Gasteiger partial charge is 0.170 e. The zero-order valence-corrected chi connectivity index (χ0v) is 45.7. The van der Waals surface area contributed by atoms with Crippen molar-refractivity contribution in [2.75, 3.05) is 0 Å². The number of hydrogen-bond donors (Lipinski definition) is 0. The third-order valence-corrected chi connectivity index (χ3v) is 18.5. The quantitative estimate of drug-likeness (QED) is 0.165. The van der Waals surface area contributed by atoms with Gasteiger partial charge in [0.05, 0.1) is 0 Å². The van der Waals surface area contributed by atoms with Crippen LogP contribution in [0.5, 0.6) is 0 Å². The Kier molecular flexibility index (Phi) is 10.3. The zero-order chi connectivity index (χ0) is 53.2. The van der Waals surface area contributed by atoms with E-state index < -0.39 is 11.6 Å². The molecule has 0 aromatic heterocycles. The maximum absolute atomic E-state index is 16.1. The minimum absolute atomic E-state index is 0.0102. The summed E-state index contributed by atoms with van der Waals surface area (Å²) in [5.74, 6) is 0. The van der Waals surface area contributed by atoms with Crippen molar-refractivity contribution in [2.45, 2.75) is 117 Å². The Morgan fingerprint density at radius 3 is 1.17 bits per heavy atom. The molecule has 0 nitrogen and oxygen atoms in total. The van der Waals surface area contributed by atoms with Crippen LogP contribution in [0.4, 0.5) is 13.2 Å². The lowest BCUT2D eigenvalue weighted by molar-refractivity contribution is -0.172. The molecule has 378 valence electrons. The van der Waals surface area contributed by atoms with Gasteiger partial charge in [-0.15, -0.1) is 0 Å². The fourth-order valence-electron chi connectivity index (χ4n) is 14.2. The van der Waals surface area contributed by atoms with Crippen LogP contribution < -0.4 is 10.4 Å². The molecule has 9 aromatic rings. The predicted molar refractivity (Wildman–Crippen MR) is 312 cm³/mol. The second-order valence-electron chi connectivity index (χ2n) is 25.6. The average molecular weight is 999 g/mol. The van der Waals surface area contributed by atoms with E-state index in [1.807, 2.05) is 36.4 Å². The molecule has 0 heterocycles. The lowest BCUT2D eigenvalue weighted by atomic mass is 9.76. The van der Waals surface area contributed by atoms with E-state index in [1.54, 1.807) is 0 Å². The molecule has 1 atom stereocenters. The van der Waals surface area contributed by atoms with Gasteiger partial charge in [-0.25, -0.2) is 0 Å². The summed E-state index contributed by atoms with van der Waals surface area (Å²) in [5, 5.41) is 5.21. The third kappa shape index (κ3) is 6.96. The second kappa shape index (κ2) is 16.2. The molecule has 76 heavy (non-hydrogen) atoms. The summed E-state index contributed by atoms with van der Waals surface area (Å²) in [6.07, 6.45) is -2.52. The summed E-state index contributed by atoms with van der Waals surface area (Å²) >= 11 is 0. The van der Waals surface area contributed by atoms with Gasteiger partial charge in [0.15, 0.2) is 0 Å². The normalized spacial score (nSPS) is 17.7. The van der Waals surface area contributed by atoms with E-state index in [0.29, 0.717) is 22.3 Å². The first kappa shape index (κ1) is 48.4. The van der Waals surface area contributed by atoms with Crippen molar-refractivity contribution in [1.82, 2.24) is 0 Å². The van der Waals surface area contributed by atoms with Crippen LogP contribution in [-0.4, -0.2) is 6.18 Å². The highest BCUT2D eigenvalue weighted by molar-refractivity contribution is 6.00.